The Morgan fingerprint density at radius 1 is 1.24 bits per heavy atom. The molecule has 0 aromatic heterocycles. The smallest absolute Gasteiger partial charge is 0.253 e. The van der Waals surface area contributed by atoms with Crippen molar-refractivity contribution in [1.82, 2.24) is 4.90 Å². The second-order valence-electron chi connectivity index (χ2n) is 6.62. The first-order chi connectivity index (χ1) is 12.2. The molecule has 0 bridgehead atoms. The Hall–Kier alpha value is -2.67. The lowest BCUT2D eigenvalue weighted by molar-refractivity contribution is 0.0668. The molecule has 128 valence electrons. The molecular weight excluding hydrogens is 315 g/mol. The monoisotopic (exact) mass is 336 g/mol. The number of nitriles is 1. The number of hydrogen-bond acceptors (Lipinski definition) is 2. The third kappa shape index (κ3) is 4.45. The summed E-state index contributed by atoms with van der Waals surface area (Å²) < 4.78 is 13.0. The molecule has 1 saturated heterocycles. The fraction of sp³-hybridized carbons (Fsp3) is 0.333. The van der Waals surface area contributed by atoms with Crippen LogP contribution in [-0.4, -0.2) is 23.9 Å². The number of carbonyl (C=O) groups excluding carboxylic acids is 1. The molecule has 1 amide bonds. The minimum atomic E-state index is -0.210. The maximum atomic E-state index is 13.0. The topological polar surface area (TPSA) is 44.1 Å². The van der Waals surface area contributed by atoms with E-state index in [0.717, 1.165) is 44.3 Å². The Morgan fingerprint density at radius 3 is 2.80 bits per heavy atom. The zero-order valence-corrected chi connectivity index (χ0v) is 14.1. The van der Waals surface area contributed by atoms with E-state index in [4.69, 9.17) is 5.26 Å². The normalized spacial score (nSPS) is 17.1. The summed E-state index contributed by atoms with van der Waals surface area (Å²) in [6.07, 6.45) is 4.01. The van der Waals surface area contributed by atoms with Crippen LogP contribution in [0.15, 0.2) is 48.5 Å². The number of amides is 1. The minimum absolute atomic E-state index is 0.00332. The number of rotatable bonds is 4. The minimum Gasteiger partial charge on any atom is -0.338 e. The van der Waals surface area contributed by atoms with E-state index in [2.05, 4.69) is 6.07 Å². The molecule has 4 heteroatoms. The van der Waals surface area contributed by atoms with Crippen molar-refractivity contribution in [3.05, 3.63) is 71.0 Å². The van der Waals surface area contributed by atoms with Crippen molar-refractivity contribution in [3.63, 3.8) is 0 Å². The summed E-state index contributed by atoms with van der Waals surface area (Å²) in [5.74, 6) is 0.253. The quantitative estimate of drug-likeness (QED) is 0.840. The van der Waals surface area contributed by atoms with Crippen molar-refractivity contribution in [2.75, 3.05) is 13.1 Å². The highest BCUT2D eigenvalue weighted by Crippen LogP contribution is 2.23. The highest BCUT2D eigenvalue weighted by atomic mass is 19.1. The third-order valence-corrected chi connectivity index (χ3v) is 4.80. The molecule has 0 unspecified atom stereocenters. The molecule has 0 saturated carbocycles. The molecule has 2 aromatic rings. The van der Waals surface area contributed by atoms with Gasteiger partial charge in [0.05, 0.1) is 11.6 Å². The number of carbonyl (C=O) groups is 1. The van der Waals surface area contributed by atoms with Gasteiger partial charge in [0.15, 0.2) is 0 Å². The van der Waals surface area contributed by atoms with E-state index in [9.17, 15) is 9.18 Å². The average molecular weight is 336 g/mol. The molecule has 25 heavy (non-hydrogen) atoms. The molecule has 1 aliphatic heterocycles. The van der Waals surface area contributed by atoms with Gasteiger partial charge in [-0.1, -0.05) is 18.2 Å². The van der Waals surface area contributed by atoms with Crippen LogP contribution in [-0.2, 0) is 6.42 Å². The fourth-order valence-electron chi connectivity index (χ4n) is 3.41. The first-order valence-electron chi connectivity index (χ1n) is 8.69. The summed E-state index contributed by atoms with van der Waals surface area (Å²) in [6, 6.07) is 15.6. The molecule has 1 aliphatic rings. The lowest BCUT2D eigenvalue weighted by Crippen LogP contribution is -2.40. The average Bonchev–Trinajstić information content (AvgIpc) is 2.67. The largest absolute Gasteiger partial charge is 0.338 e. The molecule has 1 fully saturated rings. The molecule has 1 atom stereocenters. The SMILES string of the molecule is N#Cc1cccc(C(=O)N2CCC[C@@H](CCc3ccc(F)cc3)C2)c1. The van der Waals surface area contributed by atoms with Crippen LogP contribution < -0.4 is 0 Å². The number of benzene rings is 2. The molecule has 3 rings (SSSR count). The summed E-state index contributed by atoms with van der Waals surface area (Å²) in [5.41, 5.74) is 2.22. The molecular formula is C21H21FN2O. The van der Waals surface area contributed by atoms with Gasteiger partial charge >= 0.3 is 0 Å². The van der Waals surface area contributed by atoms with Gasteiger partial charge in [-0.25, -0.2) is 4.39 Å². The van der Waals surface area contributed by atoms with Crippen LogP contribution in [0.2, 0.25) is 0 Å². The van der Waals surface area contributed by atoms with Crippen molar-refractivity contribution < 1.29 is 9.18 Å². The van der Waals surface area contributed by atoms with E-state index >= 15 is 0 Å². The molecule has 1 heterocycles. The molecule has 0 radical (unpaired) electrons. The summed E-state index contributed by atoms with van der Waals surface area (Å²) in [7, 11) is 0. The molecule has 0 spiro atoms. The summed E-state index contributed by atoms with van der Waals surface area (Å²) in [4.78, 5) is 14.6. The van der Waals surface area contributed by atoms with Crippen LogP contribution in [0.5, 0.6) is 0 Å². The predicted molar refractivity (Wildman–Crippen MR) is 94.5 cm³/mol. The Morgan fingerprint density at radius 2 is 2.04 bits per heavy atom. The lowest BCUT2D eigenvalue weighted by atomic mass is 9.91. The van der Waals surface area contributed by atoms with E-state index < -0.39 is 0 Å². The van der Waals surface area contributed by atoms with E-state index in [0.29, 0.717) is 17.0 Å². The molecule has 0 N–H and O–H groups in total. The first kappa shape index (κ1) is 17.2. The molecule has 0 aliphatic carbocycles. The molecule has 3 nitrogen and oxygen atoms in total. The Labute approximate surface area is 147 Å². The van der Waals surface area contributed by atoms with Crippen molar-refractivity contribution in [3.8, 4) is 6.07 Å². The zero-order chi connectivity index (χ0) is 17.6. The van der Waals surface area contributed by atoms with Gasteiger partial charge < -0.3 is 4.90 Å². The number of aryl methyl sites for hydroxylation is 1. The first-order valence-corrected chi connectivity index (χ1v) is 8.69. The predicted octanol–water partition coefficient (Wildman–Crippen LogP) is 4.18. The summed E-state index contributed by atoms with van der Waals surface area (Å²) >= 11 is 0. The van der Waals surface area contributed by atoms with Crippen molar-refractivity contribution in [1.29, 1.82) is 5.26 Å². The number of halogens is 1. The third-order valence-electron chi connectivity index (χ3n) is 4.80. The van der Waals surface area contributed by atoms with Crippen LogP contribution in [0.25, 0.3) is 0 Å². The van der Waals surface area contributed by atoms with Gasteiger partial charge in [-0.3, -0.25) is 4.79 Å². The van der Waals surface area contributed by atoms with E-state index in [1.165, 1.54) is 12.1 Å². The van der Waals surface area contributed by atoms with Gasteiger partial charge in [0.25, 0.3) is 5.91 Å². The Balaban J connectivity index is 1.59. The van der Waals surface area contributed by atoms with Crippen LogP contribution in [0.4, 0.5) is 4.39 Å². The number of likely N-dealkylation sites (tertiary alicyclic amines) is 1. The zero-order valence-electron chi connectivity index (χ0n) is 14.1. The summed E-state index contributed by atoms with van der Waals surface area (Å²) in [6.45, 7) is 1.51. The van der Waals surface area contributed by atoms with Gasteiger partial charge in [0.1, 0.15) is 5.82 Å². The van der Waals surface area contributed by atoms with E-state index in [1.807, 2.05) is 17.0 Å². The highest BCUT2D eigenvalue weighted by molar-refractivity contribution is 5.94. The van der Waals surface area contributed by atoms with Crippen LogP contribution in [0.3, 0.4) is 0 Å². The maximum absolute atomic E-state index is 13.0. The number of nitrogens with zero attached hydrogens (tertiary/aromatic N) is 2. The number of piperidine rings is 1. The van der Waals surface area contributed by atoms with Crippen molar-refractivity contribution in [2.45, 2.75) is 25.7 Å². The standard InChI is InChI=1S/C21H21FN2O/c22-20-10-8-16(9-11-20)6-7-17-4-2-12-24(15-17)21(25)19-5-1-3-18(13-19)14-23/h1,3,5,8-11,13,17H,2,4,6-7,12,15H2/t17-/m0/s1. The van der Waals surface area contributed by atoms with E-state index in [-0.39, 0.29) is 11.7 Å². The van der Waals surface area contributed by atoms with Gasteiger partial charge in [0, 0.05) is 18.7 Å². The second-order valence-corrected chi connectivity index (χ2v) is 6.62. The van der Waals surface area contributed by atoms with Gasteiger partial charge in [-0.2, -0.15) is 5.26 Å². The lowest BCUT2D eigenvalue weighted by Gasteiger charge is -2.33. The molecule has 2 aromatic carbocycles. The Kier molecular flexibility index (Phi) is 5.45. The van der Waals surface area contributed by atoms with Crippen molar-refractivity contribution in [2.24, 2.45) is 5.92 Å². The van der Waals surface area contributed by atoms with Crippen LogP contribution in [0.1, 0.15) is 40.7 Å². The summed E-state index contributed by atoms with van der Waals surface area (Å²) in [5, 5.41) is 8.99. The van der Waals surface area contributed by atoms with Gasteiger partial charge in [-0.05, 0) is 67.5 Å². The highest BCUT2D eigenvalue weighted by Gasteiger charge is 2.24. The van der Waals surface area contributed by atoms with E-state index in [1.54, 1.807) is 24.3 Å². The fourth-order valence-corrected chi connectivity index (χ4v) is 3.41. The Bertz CT molecular complexity index is 779. The van der Waals surface area contributed by atoms with Crippen molar-refractivity contribution >= 4 is 5.91 Å². The van der Waals surface area contributed by atoms with Crippen LogP contribution in [0, 0.1) is 23.1 Å². The van der Waals surface area contributed by atoms with Crippen LogP contribution >= 0.6 is 0 Å². The van der Waals surface area contributed by atoms with Gasteiger partial charge in [0.2, 0.25) is 0 Å². The maximum Gasteiger partial charge on any atom is 0.253 e. The van der Waals surface area contributed by atoms with Gasteiger partial charge in [-0.15, -0.1) is 0 Å². The second kappa shape index (κ2) is 7.94. The number of hydrogen-bond donors (Lipinski definition) is 0.